The summed E-state index contributed by atoms with van der Waals surface area (Å²) in [7, 11) is 1.84. The number of hydrogen-bond donors (Lipinski definition) is 2. The number of halogens is 1. The Morgan fingerprint density at radius 3 is 2.96 bits per heavy atom. The standard InChI is InChI=1S/C18H26N4S2.HI/c1-14(16-4-9-23-13-16)11-21-18(19-2)20-6-8-22-7-3-17-15(12-22)5-10-24-17;/h4-5,9-10,13-14H,3,6-8,11-12H2,1-2H3,(H2,19,20,21);1H. The molecule has 0 aliphatic carbocycles. The topological polar surface area (TPSA) is 39.7 Å². The molecule has 3 heterocycles. The van der Waals surface area contributed by atoms with E-state index in [1.165, 1.54) is 17.5 Å². The Labute approximate surface area is 175 Å². The van der Waals surface area contributed by atoms with Gasteiger partial charge in [0.15, 0.2) is 5.96 Å². The molecule has 1 aliphatic heterocycles. The summed E-state index contributed by atoms with van der Waals surface area (Å²) in [5.41, 5.74) is 2.90. The summed E-state index contributed by atoms with van der Waals surface area (Å²) in [5, 5.41) is 13.4. The average molecular weight is 490 g/mol. The molecule has 0 aromatic carbocycles. The molecule has 138 valence electrons. The van der Waals surface area contributed by atoms with Gasteiger partial charge < -0.3 is 10.6 Å². The molecule has 0 saturated carbocycles. The summed E-state index contributed by atoms with van der Waals surface area (Å²) in [6, 6.07) is 4.47. The highest BCUT2D eigenvalue weighted by molar-refractivity contribution is 14.0. The molecule has 1 unspecified atom stereocenters. The van der Waals surface area contributed by atoms with Gasteiger partial charge >= 0.3 is 0 Å². The van der Waals surface area contributed by atoms with Crippen molar-refractivity contribution in [3.05, 3.63) is 44.3 Å². The maximum atomic E-state index is 4.33. The van der Waals surface area contributed by atoms with Crippen LogP contribution in [0.2, 0.25) is 0 Å². The number of aliphatic imine (C=N–C) groups is 1. The van der Waals surface area contributed by atoms with Gasteiger partial charge in [-0.3, -0.25) is 9.89 Å². The van der Waals surface area contributed by atoms with Gasteiger partial charge in [-0.1, -0.05) is 6.92 Å². The van der Waals surface area contributed by atoms with Gasteiger partial charge in [-0.15, -0.1) is 35.3 Å². The van der Waals surface area contributed by atoms with Gasteiger partial charge in [0, 0.05) is 44.6 Å². The number of rotatable bonds is 6. The van der Waals surface area contributed by atoms with Crippen molar-refractivity contribution >= 4 is 52.6 Å². The van der Waals surface area contributed by atoms with E-state index in [1.807, 2.05) is 18.4 Å². The minimum absolute atomic E-state index is 0. The molecule has 25 heavy (non-hydrogen) atoms. The van der Waals surface area contributed by atoms with Crippen LogP contribution in [0.3, 0.4) is 0 Å². The van der Waals surface area contributed by atoms with Crippen molar-refractivity contribution in [2.75, 3.05) is 33.2 Å². The van der Waals surface area contributed by atoms with Gasteiger partial charge in [-0.2, -0.15) is 11.3 Å². The molecule has 2 aromatic heterocycles. The first-order valence-corrected chi connectivity index (χ1v) is 10.3. The molecule has 7 heteroatoms. The second-order valence-electron chi connectivity index (χ2n) is 6.23. The average Bonchev–Trinajstić information content (AvgIpc) is 3.28. The van der Waals surface area contributed by atoms with E-state index >= 15 is 0 Å². The fraction of sp³-hybridized carbons (Fsp3) is 0.500. The highest BCUT2D eigenvalue weighted by Gasteiger charge is 2.16. The first kappa shape index (κ1) is 20.7. The zero-order valence-corrected chi connectivity index (χ0v) is 18.8. The summed E-state index contributed by atoms with van der Waals surface area (Å²) in [5.74, 6) is 1.39. The maximum Gasteiger partial charge on any atom is 0.191 e. The van der Waals surface area contributed by atoms with Crippen molar-refractivity contribution in [2.24, 2.45) is 4.99 Å². The molecule has 0 spiro atoms. The molecule has 0 bridgehead atoms. The molecular formula is C18H27IN4S2. The largest absolute Gasteiger partial charge is 0.356 e. The summed E-state index contributed by atoms with van der Waals surface area (Å²) in [6.45, 7) is 7.37. The van der Waals surface area contributed by atoms with E-state index in [9.17, 15) is 0 Å². The lowest BCUT2D eigenvalue weighted by Gasteiger charge is -2.27. The van der Waals surface area contributed by atoms with Crippen LogP contribution in [-0.2, 0) is 13.0 Å². The summed E-state index contributed by atoms with van der Waals surface area (Å²) in [4.78, 5) is 8.42. The third-order valence-electron chi connectivity index (χ3n) is 4.52. The zero-order chi connectivity index (χ0) is 16.8. The number of thiophene rings is 2. The summed E-state index contributed by atoms with van der Waals surface area (Å²) in [6.07, 6.45) is 1.19. The molecule has 0 fully saturated rings. The van der Waals surface area contributed by atoms with Gasteiger partial charge in [0.1, 0.15) is 0 Å². The molecule has 0 amide bonds. The van der Waals surface area contributed by atoms with Crippen LogP contribution in [0.15, 0.2) is 33.3 Å². The first-order valence-electron chi connectivity index (χ1n) is 8.50. The quantitative estimate of drug-likeness (QED) is 0.368. The Morgan fingerprint density at radius 2 is 2.20 bits per heavy atom. The Balaban J connectivity index is 0.00000225. The molecule has 1 atom stereocenters. The second-order valence-corrected chi connectivity index (χ2v) is 8.01. The van der Waals surface area contributed by atoms with Crippen molar-refractivity contribution in [3.63, 3.8) is 0 Å². The third kappa shape index (κ3) is 5.94. The molecular weight excluding hydrogens is 463 g/mol. The fourth-order valence-electron chi connectivity index (χ4n) is 2.97. The highest BCUT2D eigenvalue weighted by Crippen LogP contribution is 2.23. The van der Waals surface area contributed by atoms with Crippen LogP contribution in [0.4, 0.5) is 0 Å². The van der Waals surface area contributed by atoms with Crippen LogP contribution < -0.4 is 10.6 Å². The van der Waals surface area contributed by atoms with E-state index < -0.39 is 0 Å². The van der Waals surface area contributed by atoms with E-state index in [0.29, 0.717) is 5.92 Å². The number of nitrogens with one attached hydrogen (secondary N) is 2. The maximum absolute atomic E-state index is 4.33. The van der Waals surface area contributed by atoms with Crippen molar-refractivity contribution in [1.29, 1.82) is 0 Å². The van der Waals surface area contributed by atoms with E-state index in [4.69, 9.17) is 0 Å². The minimum Gasteiger partial charge on any atom is -0.356 e. The van der Waals surface area contributed by atoms with Crippen LogP contribution in [0.5, 0.6) is 0 Å². The lowest BCUT2D eigenvalue weighted by atomic mass is 10.1. The molecule has 2 aromatic rings. The first-order chi connectivity index (χ1) is 11.8. The fourth-order valence-corrected chi connectivity index (χ4v) is 4.65. The number of nitrogens with zero attached hydrogens (tertiary/aromatic N) is 2. The van der Waals surface area contributed by atoms with Crippen molar-refractivity contribution in [3.8, 4) is 0 Å². The van der Waals surface area contributed by atoms with Crippen LogP contribution in [-0.4, -0.2) is 44.1 Å². The Kier molecular flexibility index (Phi) is 8.68. The number of fused-ring (bicyclic) bond motifs is 1. The Bertz CT molecular complexity index is 654. The van der Waals surface area contributed by atoms with Crippen LogP contribution in [0.25, 0.3) is 0 Å². The Morgan fingerprint density at radius 1 is 1.32 bits per heavy atom. The van der Waals surface area contributed by atoms with Crippen LogP contribution >= 0.6 is 46.7 Å². The predicted octanol–water partition coefficient (Wildman–Crippen LogP) is 3.75. The second kappa shape index (κ2) is 10.5. The third-order valence-corrected chi connectivity index (χ3v) is 6.24. The van der Waals surface area contributed by atoms with Crippen molar-refractivity contribution in [2.45, 2.75) is 25.8 Å². The highest BCUT2D eigenvalue weighted by atomic mass is 127. The lowest BCUT2D eigenvalue weighted by Crippen LogP contribution is -2.43. The monoisotopic (exact) mass is 490 g/mol. The normalized spacial score (nSPS) is 16.0. The Hall–Kier alpha value is -0.640. The van der Waals surface area contributed by atoms with Gasteiger partial charge in [-0.25, -0.2) is 0 Å². The van der Waals surface area contributed by atoms with E-state index in [1.54, 1.807) is 16.2 Å². The zero-order valence-electron chi connectivity index (χ0n) is 14.8. The molecule has 1 aliphatic rings. The van der Waals surface area contributed by atoms with E-state index in [0.717, 1.165) is 38.7 Å². The lowest BCUT2D eigenvalue weighted by molar-refractivity contribution is 0.260. The minimum atomic E-state index is 0. The molecule has 2 N–H and O–H groups in total. The molecule has 0 radical (unpaired) electrons. The molecule has 0 saturated heterocycles. The summed E-state index contributed by atoms with van der Waals surface area (Å²) >= 11 is 3.65. The van der Waals surface area contributed by atoms with Gasteiger partial charge in [0.25, 0.3) is 0 Å². The van der Waals surface area contributed by atoms with Gasteiger partial charge in [-0.05, 0) is 51.7 Å². The smallest absolute Gasteiger partial charge is 0.191 e. The number of guanidine groups is 1. The van der Waals surface area contributed by atoms with Crippen LogP contribution in [0.1, 0.15) is 28.8 Å². The predicted molar refractivity (Wildman–Crippen MR) is 121 cm³/mol. The molecule has 4 nitrogen and oxygen atoms in total. The van der Waals surface area contributed by atoms with Gasteiger partial charge in [0.05, 0.1) is 0 Å². The van der Waals surface area contributed by atoms with Gasteiger partial charge in [0.2, 0.25) is 0 Å². The van der Waals surface area contributed by atoms with Crippen molar-refractivity contribution < 1.29 is 0 Å². The van der Waals surface area contributed by atoms with Crippen molar-refractivity contribution in [1.82, 2.24) is 15.5 Å². The SMILES string of the molecule is CN=C(NCCN1CCc2sccc2C1)NCC(C)c1ccsc1.I. The van der Waals surface area contributed by atoms with Crippen LogP contribution in [0, 0.1) is 0 Å². The van der Waals surface area contributed by atoms with E-state index in [2.05, 4.69) is 55.7 Å². The molecule has 3 rings (SSSR count). The van der Waals surface area contributed by atoms with E-state index in [-0.39, 0.29) is 24.0 Å². The number of hydrogen-bond acceptors (Lipinski definition) is 4. The summed E-state index contributed by atoms with van der Waals surface area (Å²) < 4.78 is 0.